The Bertz CT molecular complexity index is 729. The molecule has 1 aliphatic carbocycles. The molecule has 1 aromatic rings. The van der Waals surface area contributed by atoms with E-state index in [0.717, 1.165) is 26.2 Å². The molecule has 2 heterocycles. The van der Waals surface area contributed by atoms with Crippen LogP contribution in [-0.2, 0) is 16.1 Å². The molecule has 0 bridgehead atoms. The lowest BCUT2D eigenvalue weighted by Gasteiger charge is -2.40. The van der Waals surface area contributed by atoms with Gasteiger partial charge >= 0.3 is 0 Å². The highest BCUT2D eigenvalue weighted by molar-refractivity contribution is 5.88. The van der Waals surface area contributed by atoms with Gasteiger partial charge in [-0.1, -0.05) is 31.0 Å². The molecule has 1 aromatic carbocycles. The van der Waals surface area contributed by atoms with Gasteiger partial charge in [0.1, 0.15) is 5.82 Å². The Morgan fingerprint density at radius 3 is 2.52 bits per heavy atom. The van der Waals surface area contributed by atoms with Crippen LogP contribution in [0, 0.1) is 5.82 Å². The topological polar surface area (TPSA) is 55.9 Å². The highest BCUT2D eigenvalue weighted by Gasteiger charge is 2.34. The number of rotatable bonds is 5. The van der Waals surface area contributed by atoms with Crippen LogP contribution < -0.4 is 5.32 Å². The summed E-state index contributed by atoms with van der Waals surface area (Å²) in [5.41, 5.74) is 0.560. The lowest BCUT2D eigenvalue weighted by atomic mass is 10.1. The fourth-order valence-corrected chi connectivity index (χ4v) is 4.92. The Hall–Kier alpha value is -1.99. The summed E-state index contributed by atoms with van der Waals surface area (Å²) >= 11 is 0. The molecule has 2 amide bonds. The van der Waals surface area contributed by atoms with Crippen molar-refractivity contribution in [2.24, 2.45) is 0 Å². The minimum atomic E-state index is -0.538. The number of carbonyl (C=O) groups excluding carboxylic acids is 2. The van der Waals surface area contributed by atoms with E-state index in [4.69, 9.17) is 0 Å². The van der Waals surface area contributed by atoms with E-state index in [1.807, 2.05) is 9.80 Å². The summed E-state index contributed by atoms with van der Waals surface area (Å²) in [6, 6.07) is 6.78. The highest BCUT2D eigenvalue weighted by Crippen LogP contribution is 2.24. The first-order valence-corrected chi connectivity index (χ1v) is 10.9. The molecule has 3 fully saturated rings. The maximum Gasteiger partial charge on any atom is 0.237 e. The number of benzene rings is 1. The average Bonchev–Trinajstić information content (AvgIpc) is 3.27. The summed E-state index contributed by atoms with van der Waals surface area (Å²) in [7, 11) is 0. The molecule has 4 rings (SSSR count). The highest BCUT2D eigenvalue weighted by atomic mass is 19.1. The van der Waals surface area contributed by atoms with Gasteiger partial charge in [0.2, 0.25) is 11.8 Å². The van der Waals surface area contributed by atoms with Gasteiger partial charge < -0.3 is 10.2 Å². The van der Waals surface area contributed by atoms with Crippen LogP contribution in [0.4, 0.5) is 4.39 Å². The average molecular weight is 403 g/mol. The van der Waals surface area contributed by atoms with Crippen molar-refractivity contribution >= 4 is 11.8 Å². The Balaban J connectivity index is 1.35. The van der Waals surface area contributed by atoms with Gasteiger partial charge in [-0.05, 0) is 18.9 Å². The summed E-state index contributed by atoms with van der Waals surface area (Å²) in [6.07, 6.45) is 5.35. The Labute approximate surface area is 172 Å². The van der Waals surface area contributed by atoms with Crippen LogP contribution in [0.5, 0.6) is 0 Å². The zero-order valence-electron chi connectivity index (χ0n) is 17.0. The van der Waals surface area contributed by atoms with Crippen molar-refractivity contribution in [2.45, 2.75) is 50.7 Å². The number of piperazine rings is 2. The molecule has 2 saturated heterocycles. The van der Waals surface area contributed by atoms with Crippen molar-refractivity contribution in [2.75, 3.05) is 39.3 Å². The van der Waals surface area contributed by atoms with Crippen LogP contribution in [0.15, 0.2) is 24.3 Å². The summed E-state index contributed by atoms with van der Waals surface area (Å²) in [5.74, 6) is -0.381. The smallest absolute Gasteiger partial charge is 0.237 e. The molecule has 1 atom stereocenters. The van der Waals surface area contributed by atoms with Gasteiger partial charge in [-0.25, -0.2) is 4.39 Å². The molecule has 1 saturated carbocycles. The SMILES string of the molecule is O=C1NCCN(Cc2ccccc2F)[C@H]1CC(=O)N1CCN(C2CCCC2)CC1. The summed E-state index contributed by atoms with van der Waals surface area (Å²) in [5, 5.41) is 2.86. The van der Waals surface area contributed by atoms with Gasteiger partial charge in [-0.3, -0.25) is 19.4 Å². The van der Waals surface area contributed by atoms with Crippen LogP contribution in [0.3, 0.4) is 0 Å². The van der Waals surface area contributed by atoms with Crippen molar-refractivity contribution in [3.05, 3.63) is 35.6 Å². The predicted octanol–water partition coefficient (Wildman–Crippen LogP) is 1.60. The van der Waals surface area contributed by atoms with Crippen molar-refractivity contribution in [1.82, 2.24) is 20.0 Å². The second kappa shape index (κ2) is 9.22. The first kappa shape index (κ1) is 20.3. The van der Waals surface area contributed by atoms with E-state index in [0.29, 0.717) is 31.2 Å². The molecule has 0 radical (unpaired) electrons. The molecule has 158 valence electrons. The monoisotopic (exact) mass is 402 g/mol. The Kier molecular flexibility index (Phi) is 6.45. The van der Waals surface area contributed by atoms with Gasteiger partial charge in [0.25, 0.3) is 0 Å². The molecule has 6 nitrogen and oxygen atoms in total. The Morgan fingerprint density at radius 1 is 1.07 bits per heavy atom. The Morgan fingerprint density at radius 2 is 1.79 bits per heavy atom. The molecule has 0 aromatic heterocycles. The van der Waals surface area contributed by atoms with E-state index < -0.39 is 6.04 Å². The van der Waals surface area contributed by atoms with Crippen LogP contribution in [0.25, 0.3) is 0 Å². The van der Waals surface area contributed by atoms with Crippen LogP contribution in [-0.4, -0.2) is 77.9 Å². The van der Waals surface area contributed by atoms with Crippen molar-refractivity contribution in [3.63, 3.8) is 0 Å². The van der Waals surface area contributed by atoms with Crippen molar-refractivity contribution in [1.29, 1.82) is 0 Å². The summed E-state index contributed by atoms with van der Waals surface area (Å²) in [4.78, 5) is 31.8. The molecule has 1 N–H and O–H groups in total. The fourth-order valence-electron chi connectivity index (χ4n) is 4.92. The third-order valence-corrected chi connectivity index (χ3v) is 6.65. The van der Waals surface area contributed by atoms with Gasteiger partial charge in [-0.15, -0.1) is 0 Å². The summed E-state index contributed by atoms with van der Waals surface area (Å²) in [6.45, 7) is 4.80. The number of hydrogen-bond donors (Lipinski definition) is 1. The zero-order valence-corrected chi connectivity index (χ0v) is 17.0. The van der Waals surface area contributed by atoms with Gasteiger partial charge in [0.05, 0.1) is 12.5 Å². The molecule has 0 spiro atoms. The molecule has 3 aliphatic rings. The third-order valence-electron chi connectivity index (χ3n) is 6.65. The van der Waals surface area contributed by atoms with Crippen molar-refractivity contribution in [3.8, 4) is 0 Å². The number of carbonyl (C=O) groups is 2. The van der Waals surface area contributed by atoms with Gasteiger partial charge in [-0.2, -0.15) is 0 Å². The quantitative estimate of drug-likeness (QED) is 0.813. The van der Waals surface area contributed by atoms with E-state index in [-0.39, 0.29) is 24.1 Å². The largest absolute Gasteiger partial charge is 0.353 e. The van der Waals surface area contributed by atoms with Gasteiger partial charge in [0, 0.05) is 57.4 Å². The summed E-state index contributed by atoms with van der Waals surface area (Å²) < 4.78 is 14.1. The normalized spacial score (nSPS) is 24.7. The van der Waals surface area contributed by atoms with Crippen LogP contribution in [0.2, 0.25) is 0 Å². The number of halogens is 1. The standard InChI is InChI=1S/C22H31FN4O2/c23-19-8-4-1-5-17(19)16-27-10-9-24-22(29)20(27)15-21(28)26-13-11-25(12-14-26)18-6-2-3-7-18/h1,4-5,8,18,20H,2-3,6-7,9-16H2,(H,24,29)/t20-/m0/s1. The molecule has 0 unspecified atom stereocenters. The number of hydrogen-bond acceptors (Lipinski definition) is 4. The first-order valence-electron chi connectivity index (χ1n) is 10.9. The van der Waals surface area contributed by atoms with Crippen molar-refractivity contribution < 1.29 is 14.0 Å². The predicted molar refractivity (Wildman–Crippen MR) is 109 cm³/mol. The number of nitrogens with zero attached hydrogens (tertiary/aromatic N) is 3. The first-order chi connectivity index (χ1) is 14.1. The molecule has 2 aliphatic heterocycles. The third kappa shape index (κ3) is 4.78. The maximum absolute atomic E-state index is 14.1. The zero-order chi connectivity index (χ0) is 20.2. The minimum Gasteiger partial charge on any atom is -0.353 e. The van der Waals surface area contributed by atoms with E-state index in [1.54, 1.807) is 18.2 Å². The molecule has 29 heavy (non-hydrogen) atoms. The number of nitrogens with one attached hydrogen (secondary N) is 1. The minimum absolute atomic E-state index is 0.0247. The number of amides is 2. The molecular weight excluding hydrogens is 371 g/mol. The lowest BCUT2D eigenvalue weighted by molar-refractivity contribution is -0.140. The fraction of sp³-hybridized carbons (Fsp3) is 0.636. The van der Waals surface area contributed by atoms with E-state index in [2.05, 4.69) is 10.2 Å². The van der Waals surface area contributed by atoms with Gasteiger partial charge in [0.15, 0.2) is 0 Å². The van der Waals surface area contributed by atoms with E-state index in [1.165, 1.54) is 31.7 Å². The molecule has 7 heteroatoms. The second-order valence-corrected chi connectivity index (χ2v) is 8.43. The maximum atomic E-state index is 14.1. The molecular formula is C22H31FN4O2. The van der Waals surface area contributed by atoms with E-state index in [9.17, 15) is 14.0 Å². The lowest BCUT2D eigenvalue weighted by Crippen LogP contribution is -2.57. The second-order valence-electron chi connectivity index (χ2n) is 8.43. The van der Waals surface area contributed by atoms with Crippen LogP contribution >= 0.6 is 0 Å². The van der Waals surface area contributed by atoms with Crippen LogP contribution in [0.1, 0.15) is 37.7 Å². The van der Waals surface area contributed by atoms with E-state index >= 15 is 0 Å².